The molecule has 0 atom stereocenters. The normalized spacial score (nSPS) is 10.6. The van der Waals surface area contributed by atoms with E-state index < -0.39 is 0 Å². The third kappa shape index (κ3) is 2.73. The molecule has 1 heteroatoms. The van der Waals surface area contributed by atoms with Crippen molar-refractivity contribution in [3.8, 4) is 22.4 Å². The molecular weight excluding hydrogens is 254 g/mol. The van der Waals surface area contributed by atoms with E-state index in [0.717, 1.165) is 11.3 Å². The molecule has 0 unspecified atom stereocenters. The molecule has 0 saturated heterocycles. The Bertz CT molecular complexity index is 750. The van der Waals surface area contributed by atoms with Gasteiger partial charge < -0.3 is 0 Å². The zero-order valence-electron chi connectivity index (χ0n) is 12.7. The van der Waals surface area contributed by atoms with E-state index in [1.807, 2.05) is 6.20 Å². The molecule has 0 bridgehead atoms. The van der Waals surface area contributed by atoms with Crippen LogP contribution >= 0.6 is 0 Å². The summed E-state index contributed by atoms with van der Waals surface area (Å²) in [5.74, 6) is 0. The maximum absolute atomic E-state index is 4.53. The van der Waals surface area contributed by atoms with Gasteiger partial charge in [0.2, 0.25) is 0 Å². The molecule has 0 saturated carbocycles. The summed E-state index contributed by atoms with van der Waals surface area (Å²) < 4.78 is 0. The highest BCUT2D eigenvalue weighted by Gasteiger charge is 2.07. The maximum Gasteiger partial charge on any atom is 0.0702 e. The van der Waals surface area contributed by atoms with Crippen LogP contribution in [0, 0.1) is 20.8 Å². The summed E-state index contributed by atoms with van der Waals surface area (Å²) in [7, 11) is 0. The number of hydrogen-bond donors (Lipinski definition) is 0. The first-order valence-electron chi connectivity index (χ1n) is 7.25. The van der Waals surface area contributed by atoms with Gasteiger partial charge in [0.1, 0.15) is 0 Å². The fourth-order valence-corrected chi connectivity index (χ4v) is 2.74. The Morgan fingerprint density at radius 2 is 1.38 bits per heavy atom. The standard InChI is InChI=1S/C20H19N/c1-14-10-11-19(21-13-14)17-8-5-9-18(12-17)20-15(2)6-4-7-16(20)3/h4-13H,1-3H3. The van der Waals surface area contributed by atoms with Gasteiger partial charge in [-0.05, 0) is 60.7 Å². The van der Waals surface area contributed by atoms with E-state index >= 15 is 0 Å². The molecule has 0 N–H and O–H groups in total. The molecule has 0 amide bonds. The predicted octanol–water partition coefficient (Wildman–Crippen LogP) is 5.34. The minimum Gasteiger partial charge on any atom is -0.256 e. The van der Waals surface area contributed by atoms with Crippen molar-refractivity contribution in [2.45, 2.75) is 20.8 Å². The Morgan fingerprint density at radius 3 is 2.05 bits per heavy atom. The van der Waals surface area contributed by atoms with Crippen LogP contribution in [0.25, 0.3) is 22.4 Å². The van der Waals surface area contributed by atoms with Crippen LogP contribution in [0.5, 0.6) is 0 Å². The Morgan fingerprint density at radius 1 is 0.714 bits per heavy atom. The van der Waals surface area contributed by atoms with E-state index in [0.29, 0.717) is 0 Å². The van der Waals surface area contributed by atoms with Gasteiger partial charge in [0.05, 0.1) is 5.69 Å². The molecule has 21 heavy (non-hydrogen) atoms. The zero-order chi connectivity index (χ0) is 14.8. The fourth-order valence-electron chi connectivity index (χ4n) is 2.74. The first-order chi connectivity index (χ1) is 10.1. The van der Waals surface area contributed by atoms with Gasteiger partial charge in [0, 0.05) is 11.8 Å². The van der Waals surface area contributed by atoms with Crippen molar-refractivity contribution in [2.75, 3.05) is 0 Å². The lowest BCUT2D eigenvalue weighted by Crippen LogP contribution is -1.89. The Balaban J connectivity index is 2.10. The molecule has 0 aliphatic heterocycles. The number of pyridine rings is 1. The van der Waals surface area contributed by atoms with Gasteiger partial charge in [0.15, 0.2) is 0 Å². The molecule has 3 rings (SSSR count). The molecule has 0 aliphatic carbocycles. The van der Waals surface area contributed by atoms with E-state index in [9.17, 15) is 0 Å². The van der Waals surface area contributed by atoms with Crippen LogP contribution in [0.1, 0.15) is 16.7 Å². The van der Waals surface area contributed by atoms with Gasteiger partial charge in [-0.2, -0.15) is 0 Å². The first kappa shape index (κ1) is 13.6. The molecular formula is C20H19N. The minimum absolute atomic E-state index is 1.02. The van der Waals surface area contributed by atoms with E-state index in [-0.39, 0.29) is 0 Å². The quantitative estimate of drug-likeness (QED) is 0.614. The third-order valence-corrected chi connectivity index (χ3v) is 3.84. The molecule has 2 aromatic carbocycles. The largest absolute Gasteiger partial charge is 0.256 e. The van der Waals surface area contributed by atoms with Gasteiger partial charge in [-0.1, -0.05) is 42.5 Å². The van der Waals surface area contributed by atoms with Gasteiger partial charge >= 0.3 is 0 Å². The van der Waals surface area contributed by atoms with E-state index in [1.54, 1.807) is 0 Å². The van der Waals surface area contributed by atoms with Crippen LogP contribution in [-0.4, -0.2) is 4.98 Å². The molecule has 1 heterocycles. The van der Waals surface area contributed by atoms with Gasteiger partial charge in [-0.25, -0.2) is 0 Å². The summed E-state index contributed by atoms with van der Waals surface area (Å²) >= 11 is 0. The number of aromatic nitrogens is 1. The van der Waals surface area contributed by atoms with Crippen LogP contribution in [-0.2, 0) is 0 Å². The summed E-state index contributed by atoms with van der Waals surface area (Å²) in [5, 5.41) is 0. The van der Waals surface area contributed by atoms with Crippen LogP contribution in [0.4, 0.5) is 0 Å². The minimum atomic E-state index is 1.02. The van der Waals surface area contributed by atoms with Crippen molar-refractivity contribution in [1.29, 1.82) is 0 Å². The molecule has 1 aromatic heterocycles. The highest BCUT2D eigenvalue weighted by atomic mass is 14.7. The lowest BCUT2D eigenvalue weighted by molar-refractivity contribution is 1.27. The third-order valence-electron chi connectivity index (χ3n) is 3.84. The first-order valence-corrected chi connectivity index (χ1v) is 7.25. The van der Waals surface area contributed by atoms with E-state index in [4.69, 9.17) is 0 Å². The van der Waals surface area contributed by atoms with Crippen molar-refractivity contribution < 1.29 is 0 Å². The molecule has 0 spiro atoms. The second-order valence-electron chi connectivity index (χ2n) is 5.57. The van der Waals surface area contributed by atoms with Crippen LogP contribution in [0.3, 0.4) is 0 Å². The number of benzene rings is 2. The van der Waals surface area contributed by atoms with Crippen molar-refractivity contribution in [3.05, 3.63) is 77.5 Å². The topological polar surface area (TPSA) is 12.9 Å². The Hall–Kier alpha value is -2.41. The summed E-state index contributed by atoms with van der Waals surface area (Å²) in [6.07, 6.45) is 1.92. The van der Waals surface area contributed by atoms with Crippen molar-refractivity contribution in [2.24, 2.45) is 0 Å². The smallest absolute Gasteiger partial charge is 0.0702 e. The highest BCUT2D eigenvalue weighted by molar-refractivity contribution is 5.75. The second-order valence-corrected chi connectivity index (χ2v) is 5.57. The predicted molar refractivity (Wildman–Crippen MR) is 89.3 cm³/mol. The molecule has 104 valence electrons. The summed E-state index contributed by atoms with van der Waals surface area (Å²) in [4.78, 5) is 4.53. The second kappa shape index (κ2) is 5.53. The summed E-state index contributed by atoms with van der Waals surface area (Å²) in [6, 6.07) is 19.3. The maximum atomic E-state index is 4.53. The van der Waals surface area contributed by atoms with E-state index in [2.05, 4.69) is 80.4 Å². The SMILES string of the molecule is Cc1ccc(-c2cccc(-c3c(C)cccc3C)c2)nc1. The van der Waals surface area contributed by atoms with Gasteiger partial charge in [-0.15, -0.1) is 0 Å². The zero-order valence-corrected chi connectivity index (χ0v) is 12.7. The van der Waals surface area contributed by atoms with Crippen molar-refractivity contribution in [1.82, 2.24) is 4.98 Å². The van der Waals surface area contributed by atoms with Gasteiger partial charge in [-0.3, -0.25) is 4.98 Å². The lowest BCUT2D eigenvalue weighted by Gasteiger charge is -2.11. The average molecular weight is 273 g/mol. The molecule has 3 aromatic rings. The van der Waals surface area contributed by atoms with Crippen molar-refractivity contribution in [3.63, 3.8) is 0 Å². The monoisotopic (exact) mass is 273 g/mol. The number of aryl methyl sites for hydroxylation is 3. The van der Waals surface area contributed by atoms with E-state index in [1.165, 1.54) is 27.8 Å². The highest BCUT2D eigenvalue weighted by Crippen LogP contribution is 2.30. The number of rotatable bonds is 2. The molecule has 0 radical (unpaired) electrons. The summed E-state index contributed by atoms with van der Waals surface area (Å²) in [5.41, 5.74) is 8.57. The molecule has 0 fully saturated rings. The van der Waals surface area contributed by atoms with Crippen LogP contribution in [0.2, 0.25) is 0 Å². The fraction of sp³-hybridized carbons (Fsp3) is 0.150. The number of nitrogens with zero attached hydrogens (tertiary/aromatic N) is 1. The van der Waals surface area contributed by atoms with Crippen LogP contribution in [0.15, 0.2) is 60.8 Å². The van der Waals surface area contributed by atoms with Gasteiger partial charge in [0.25, 0.3) is 0 Å². The summed E-state index contributed by atoms with van der Waals surface area (Å²) in [6.45, 7) is 6.39. The Labute approximate surface area is 126 Å². The molecule has 1 nitrogen and oxygen atoms in total. The van der Waals surface area contributed by atoms with Crippen molar-refractivity contribution >= 4 is 0 Å². The average Bonchev–Trinajstić information content (AvgIpc) is 2.48. The Kier molecular flexibility index (Phi) is 3.57. The lowest BCUT2D eigenvalue weighted by atomic mass is 9.94. The molecule has 0 aliphatic rings. The van der Waals surface area contributed by atoms with Crippen LogP contribution < -0.4 is 0 Å². The number of hydrogen-bond acceptors (Lipinski definition) is 1.